The van der Waals surface area contributed by atoms with E-state index in [-0.39, 0.29) is 0 Å². The number of hydrogen-bond donors (Lipinski definition) is 1. The van der Waals surface area contributed by atoms with Gasteiger partial charge in [-0.05, 0) is 37.8 Å². The number of hydrogen-bond acceptors (Lipinski definition) is 2. The van der Waals surface area contributed by atoms with Gasteiger partial charge < -0.3 is 5.32 Å². The largest absolute Gasteiger partial charge is 0.312 e. The molecule has 1 aromatic rings. The summed E-state index contributed by atoms with van der Waals surface area (Å²) in [6.07, 6.45) is 5.51. The van der Waals surface area contributed by atoms with Gasteiger partial charge in [-0.2, -0.15) is 0 Å². The molecular formula is C11H17NS. The Bertz CT molecular complexity index is 228. The number of allylic oxidation sites excluding steroid dienone is 1. The van der Waals surface area contributed by atoms with Crippen LogP contribution in [0.3, 0.4) is 0 Å². The highest BCUT2D eigenvalue weighted by molar-refractivity contribution is 7.10. The number of rotatable bonds is 6. The van der Waals surface area contributed by atoms with Crippen LogP contribution in [-0.4, -0.2) is 7.05 Å². The van der Waals surface area contributed by atoms with Crippen LogP contribution in [0.2, 0.25) is 0 Å². The second kappa shape index (κ2) is 5.95. The maximum absolute atomic E-state index is 3.73. The van der Waals surface area contributed by atoms with E-state index >= 15 is 0 Å². The van der Waals surface area contributed by atoms with E-state index in [9.17, 15) is 0 Å². The Morgan fingerprint density at radius 2 is 2.54 bits per heavy atom. The van der Waals surface area contributed by atoms with Crippen molar-refractivity contribution in [1.29, 1.82) is 0 Å². The van der Waals surface area contributed by atoms with Crippen LogP contribution in [0.5, 0.6) is 0 Å². The van der Waals surface area contributed by atoms with Crippen LogP contribution in [-0.2, 0) is 0 Å². The van der Waals surface area contributed by atoms with Crippen LogP contribution >= 0.6 is 11.3 Å². The summed E-state index contributed by atoms with van der Waals surface area (Å²) < 4.78 is 0. The SMILES string of the molecule is C=CCCCC(NC)c1cccs1. The molecule has 0 saturated carbocycles. The normalized spacial score (nSPS) is 12.7. The Morgan fingerprint density at radius 1 is 1.69 bits per heavy atom. The van der Waals surface area contributed by atoms with Crippen LogP contribution in [0.1, 0.15) is 30.2 Å². The second-order valence-electron chi connectivity index (χ2n) is 3.08. The predicted molar refractivity (Wildman–Crippen MR) is 60.2 cm³/mol. The Kier molecular flexibility index (Phi) is 4.79. The second-order valence-corrected chi connectivity index (χ2v) is 4.06. The summed E-state index contributed by atoms with van der Waals surface area (Å²) in [6.45, 7) is 3.73. The summed E-state index contributed by atoms with van der Waals surface area (Å²) in [4.78, 5) is 1.44. The minimum absolute atomic E-state index is 0.528. The molecule has 1 atom stereocenters. The van der Waals surface area contributed by atoms with Crippen molar-refractivity contribution in [2.24, 2.45) is 0 Å². The van der Waals surface area contributed by atoms with Crippen molar-refractivity contribution in [3.05, 3.63) is 35.0 Å². The molecule has 0 spiro atoms. The quantitative estimate of drug-likeness (QED) is 0.542. The average molecular weight is 195 g/mol. The molecule has 1 aromatic heterocycles. The Morgan fingerprint density at radius 3 is 3.08 bits per heavy atom. The lowest BCUT2D eigenvalue weighted by Gasteiger charge is -2.13. The van der Waals surface area contributed by atoms with E-state index in [4.69, 9.17) is 0 Å². The van der Waals surface area contributed by atoms with Gasteiger partial charge in [-0.25, -0.2) is 0 Å². The van der Waals surface area contributed by atoms with Gasteiger partial charge in [0.2, 0.25) is 0 Å². The number of thiophene rings is 1. The van der Waals surface area contributed by atoms with Gasteiger partial charge in [0.05, 0.1) is 0 Å². The fraction of sp³-hybridized carbons (Fsp3) is 0.455. The molecule has 0 aliphatic carbocycles. The molecule has 72 valence electrons. The van der Waals surface area contributed by atoms with Gasteiger partial charge in [0.25, 0.3) is 0 Å². The van der Waals surface area contributed by atoms with Gasteiger partial charge in [-0.15, -0.1) is 17.9 Å². The van der Waals surface area contributed by atoms with E-state index in [0.717, 1.165) is 6.42 Å². The van der Waals surface area contributed by atoms with E-state index < -0.39 is 0 Å². The topological polar surface area (TPSA) is 12.0 Å². The van der Waals surface area contributed by atoms with Gasteiger partial charge in [-0.3, -0.25) is 0 Å². The Labute approximate surface area is 84.5 Å². The molecule has 1 rings (SSSR count). The zero-order valence-electron chi connectivity index (χ0n) is 8.12. The average Bonchev–Trinajstić information content (AvgIpc) is 2.65. The molecule has 1 nitrogen and oxygen atoms in total. The monoisotopic (exact) mass is 195 g/mol. The maximum atomic E-state index is 3.73. The van der Waals surface area contributed by atoms with E-state index in [1.807, 2.05) is 24.5 Å². The molecule has 0 amide bonds. The number of nitrogens with one attached hydrogen (secondary N) is 1. The molecule has 0 fully saturated rings. The Balaban J connectivity index is 2.39. The lowest BCUT2D eigenvalue weighted by atomic mass is 10.1. The highest BCUT2D eigenvalue weighted by atomic mass is 32.1. The predicted octanol–water partition coefficient (Wildman–Crippen LogP) is 3.36. The lowest BCUT2D eigenvalue weighted by Crippen LogP contribution is -2.14. The molecule has 13 heavy (non-hydrogen) atoms. The van der Waals surface area contributed by atoms with Crippen LogP contribution < -0.4 is 5.32 Å². The van der Waals surface area contributed by atoms with Crippen molar-refractivity contribution in [1.82, 2.24) is 5.32 Å². The van der Waals surface area contributed by atoms with Gasteiger partial charge in [0, 0.05) is 10.9 Å². The van der Waals surface area contributed by atoms with Crippen molar-refractivity contribution in [2.75, 3.05) is 7.05 Å². The highest BCUT2D eigenvalue weighted by Crippen LogP contribution is 2.23. The third kappa shape index (κ3) is 3.33. The van der Waals surface area contributed by atoms with Crippen molar-refractivity contribution >= 4 is 11.3 Å². The van der Waals surface area contributed by atoms with Crippen molar-refractivity contribution < 1.29 is 0 Å². The van der Waals surface area contributed by atoms with E-state index in [0.29, 0.717) is 6.04 Å². The molecule has 0 radical (unpaired) electrons. The fourth-order valence-corrected chi connectivity index (χ4v) is 2.26. The minimum Gasteiger partial charge on any atom is -0.312 e. The molecule has 0 bridgehead atoms. The highest BCUT2D eigenvalue weighted by Gasteiger charge is 2.08. The summed E-state index contributed by atoms with van der Waals surface area (Å²) in [5.74, 6) is 0. The molecule has 2 heteroatoms. The van der Waals surface area contributed by atoms with Crippen molar-refractivity contribution in [2.45, 2.75) is 25.3 Å². The van der Waals surface area contributed by atoms with E-state index in [1.54, 1.807) is 0 Å². The van der Waals surface area contributed by atoms with Crippen LogP contribution in [0.4, 0.5) is 0 Å². The van der Waals surface area contributed by atoms with Gasteiger partial charge in [0.1, 0.15) is 0 Å². The molecule has 1 N–H and O–H groups in total. The summed E-state index contributed by atoms with van der Waals surface area (Å²) in [7, 11) is 2.03. The third-order valence-electron chi connectivity index (χ3n) is 2.14. The zero-order valence-corrected chi connectivity index (χ0v) is 8.94. The van der Waals surface area contributed by atoms with E-state index in [1.165, 1.54) is 17.7 Å². The van der Waals surface area contributed by atoms with Crippen molar-refractivity contribution in [3.63, 3.8) is 0 Å². The molecule has 0 aromatic carbocycles. The summed E-state index contributed by atoms with van der Waals surface area (Å²) in [6, 6.07) is 4.83. The maximum Gasteiger partial charge on any atom is 0.0412 e. The molecule has 0 aliphatic rings. The summed E-state index contributed by atoms with van der Waals surface area (Å²) in [5.41, 5.74) is 0. The molecule has 0 aliphatic heterocycles. The zero-order chi connectivity index (χ0) is 9.52. The van der Waals surface area contributed by atoms with Gasteiger partial charge in [-0.1, -0.05) is 12.1 Å². The van der Waals surface area contributed by atoms with Crippen LogP contribution in [0, 0.1) is 0 Å². The standard InChI is InChI=1S/C11H17NS/c1-3-4-5-7-10(12-2)11-8-6-9-13-11/h3,6,8-10,12H,1,4-5,7H2,2H3. The lowest BCUT2D eigenvalue weighted by molar-refractivity contribution is 0.538. The first-order chi connectivity index (χ1) is 6.38. The van der Waals surface area contributed by atoms with Gasteiger partial charge >= 0.3 is 0 Å². The van der Waals surface area contributed by atoms with Crippen LogP contribution in [0.25, 0.3) is 0 Å². The fourth-order valence-electron chi connectivity index (χ4n) is 1.38. The minimum atomic E-state index is 0.528. The molecule has 1 heterocycles. The van der Waals surface area contributed by atoms with Gasteiger partial charge in [0.15, 0.2) is 0 Å². The smallest absolute Gasteiger partial charge is 0.0412 e. The first-order valence-corrected chi connectivity index (χ1v) is 5.58. The molecule has 1 unspecified atom stereocenters. The van der Waals surface area contributed by atoms with E-state index in [2.05, 4.69) is 29.4 Å². The third-order valence-corrected chi connectivity index (χ3v) is 3.12. The van der Waals surface area contributed by atoms with Crippen molar-refractivity contribution in [3.8, 4) is 0 Å². The molecule has 0 saturated heterocycles. The first-order valence-electron chi connectivity index (χ1n) is 4.70. The first kappa shape index (κ1) is 10.5. The Hall–Kier alpha value is -0.600. The molecular weight excluding hydrogens is 178 g/mol. The number of unbranched alkanes of at least 4 members (excludes halogenated alkanes) is 1. The van der Waals surface area contributed by atoms with Crippen LogP contribution in [0.15, 0.2) is 30.2 Å². The summed E-state index contributed by atoms with van der Waals surface area (Å²) >= 11 is 1.83. The summed E-state index contributed by atoms with van der Waals surface area (Å²) in [5, 5.41) is 5.47.